The third kappa shape index (κ3) is 7.71. The van der Waals surface area contributed by atoms with E-state index < -0.39 is 6.04 Å². The van der Waals surface area contributed by atoms with Crippen molar-refractivity contribution < 1.29 is 23.5 Å². The first-order valence-corrected chi connectivity index (χ1v) is 11.1. The predicted molar refractivity (Wildman–Crippen MR) is 128 cm³/mol. The van der Waals surface area contributed by atoms with Crippen molar-refractivity contribution >= 4 is 11.8 Å². The van der Waals surface area contributed by atoms with Crippen LogP contribution < -0.4 is 10.1 Å². The van der Waals surface area contributed by atoms with Crippen molar-refractivity contribution in [1.29, 1.82) is 0 Å². The SMILES string of the molecule is COCCNC(=O)[C@@H](Cc1ccccc1)N(Cc1ccc(F)cc1)C(=O)COc1ccccc1. The lowest BCUT2D eigenvalue weighted by Gasteiger charge is -2.31. The number of hydrogen-bond acceptors (Lipinski definition) is 4. The second-order valence-electron chi connectivity index (χ2n) is 7.74. The van der Waals surface area contributed by atoms with Gasteiger partial charge in [0.15, 0.2) is 6.61 Å². The number of nitrogens with one attached hydrogen (secondary N) is 1. The fourth-order valence-corrected chi connectivity index (χ4v) is 3.48. The molecule has 0 unspecified atom stereocenters. The molecule has 0 spiro atoms. The molecule has 3 aromatic rings. The summed E-state index contributed by atoms with van der Waals surface area (Å²) in [6, 6.07) is 23.6. The molecule has 1 N–H and O–H groups in total. The quantitative estimate of drug-likeness (QED) is 0.416. The normalized spacial score (nSPS) is 11.5. The second-order valence-corrected chi connectivity index (χ2v) is 7.74. The van der Waals surface area contributed by atoms with Gasteiger partial charge in [-0.05, 0) is 35.4 Å². The highest BCUT2D eigenvalue weighted by Gasteiger charge is 2.30. The summed E-state index contributed by atoms with van der Waals surface area (Å²) in [5.74, 6) is -0.457. The molecule has 0 aliphatic carbocycles. The molecular formula is C27H29FN2O4. The van der Waals surface area contributed by atoms with Crippen LogP contribution in [0.15, 0.2) is 84.9 Å². The Morgan fingerprint density at radius 3 is 2.21 bits per heavy atom. The van der Waals surface area contributed by atoms with Crippen LogP contribution in [0.1, 0.15) is 11.1 Å². The number of para-hydroxylation sites is 1. The molecule has 0 heterocycles. The number of ether oxygens (including phenoxy) is 2. The van der Waals surface area contributed by atoms with Crippen LogP contribution in [0, 0.1) is 5.82 Å². The number of carbonyl (C=O) groups excluding carboxylic acids is 2. The van der Waals surface area contributed by atoms with E-state index in [0.29, 0.717) is 30.9 Å². The number of methoxy groups -OCH3 is 1. The van der Waals surface area contributed by atoms with E-state index in [0.717, 1.165) is 5.56 Å². The first-order chi connectivity index (χ1) is 16.6. The van der Waals surface area contributed by atoms with E-state index in [4.69, 9.17) is 9.47 Å². The molecule has 178 valence electrons. The van der Waals surface area contributed by atoms with Gasteiger partial charge in [-0.15, -0.1) is 0 Å². The van der Waals surface area contributed by atoms with Gasteiger partial charge in [0.05, 0.1) is 6.61 Å². The van der Waals surface area contributed by atoms with E-state index in [2.05, 4.69) is 5.32 Å². The average Bonchev–Trinajstić information content (AvgIpc) is 2.87. The number of amides is 2. The minimum atomic E-state index is -0.795. The van der Waals surface area contributed by atoms with Crippen LogP contribution in [0.2, 0.25) is 0 Å². The Morgan fingerprint density at radius 1 is 0.912 bits per heavy atom. The van der Waals surface area contributed by atoms with E-state index in [-0.39, 0.29) is 30.8 Å². The molecule has 0 fully saturated rings. The van der Waals surface area contributed by atoms with Crippen molar-refractivity contribution in [1.82, 2.24) is 10.2 Å². The van der Waals surface area contributed by atoms with Gasteiger partial charge in [0.1, 0.15) is 17.6 Å². The van der Waals surface area contributed by atoms with Gasteiger partial charge in [-0.1, -0.05) is 60.7 Å². The maximum Gasteiger partial charge on any atom is 0.261 e. The largest absolute Gasteiger partial charge is 0.484 e. The number of rotatable bonds is 12. The zero-order chi connectivity index (χ0) is 24.2. The summed E-state index contributed by atoms with van der Waals surface area (Å²) in [6.45, 7) is 0.570. The van der Waals surface area contributed by atoms with E-state index in [1.165, 1.54) is 17.0 Å². The smallest absolute Gasteiger partial charge is 0.261 e. The standard InChI is InChI=1S/C27H29FN2O4/c1-33-17-16-29-27(32)25(18-21-8-4-2-5-9-21)30(19-22-12-14-23(28)15-13-22)26(31)20-34-24-10-6-3-7-11-24/h2-15,25H,16-20H2,1H3,(H,29,32)/t25-/m1/s1. The molecule has 0 aromatic heterocycles. The molecule has 34 heavy (non-hydrogen) atoms. The molecule has 3 aromatic carbocycles. The van der Waals surface area contributed by atoms with Crippen LogP contribution in [0.25, 0.3) is 0 Å². The van der Waals surface area contributed by atoms with Crippen LogP contribution >= 0.6 is 0 Å². The highest BCUT2D eigenvalue weighted by molar-refractivity contribution is 5.88. The third-order valence-electron chi connectivity index (χ3n) is 5.25. The summed E-state index contributed by atoms with van der Waals surface area (Å²) in [4.78, 5) is 28.1. The lowest BCUT2D eigenvalue weighted by molar-refractivity contribution is -0.142. The monoisotopic (exact) mass is 464 g/mol. The third-order valence-corrected chi connectivity index (χ3v) is 5.25. The van der Waals surface area contributed by atoms with Gasteiger partial charge < -0.3 is 19.7 Å². The molecule has 0 saturated carbocycles. The number of benzene rings is 3. The van der Waals surface area contributed by atoms with E-state index in [9.17, 15) is 14.0 Å². The fraction of sp³-hybridized carbons (Fsp3) is 0.259. The van der Waals surface area contributed by atoms with Crippen molar-refractivity contribution in [3.8, 4) is 5.75 Å². The molecule has 1 atom stereocenters. The van der Waals surface area contributed by atoms with Crippen LogP contribution in [0.4, 0.5) is 4.39 Å². The number of hydrogen-bond donors (Lipinski definition) is 1. The Kier molecular flexibility index (Phi) is 9.61. The minimum Gasteiger partial charge on any atom is -0.484 e. The lowest BCUT2D eigenvalue weighted by Crippen LogP contribution is -2.52. The Balaban J connectivity index is 1.86. The molecule has 6 nitrogen and oxygen atoms in total. The molecule has 3 rings (SSSR count). The Bertz CT molecular complexity index is 1030. The number of nitrogens with zero attached hydrogens (tertiary/aromatic N) is 1. The highest BCUT2D eigenvalue weighted by Crippen LogP contribution is 2.16. The Hall–Kier alpha value is -3.71. The first kappa shape index (κ1) is 24.9. The van der Waals surface area contributed by atoms with E-state index >= 15 is 0 Å². The van der Waals surface area contributed by atoms with E-state index in [1.54, 1.807) is 31.4 Å². The second kappa shape index (κ2) is 13.1. The minimum absolute atomic E-state index is 0.131. The molecule has 0 bridgehead atoms. The molecule has 0 radical (unpaired) electrons. The van der Waals surface area contributed by atoms with Gasteiger partial charge in [0, 0.05) is 26.6 Å². The van der Waals surface area contributed by atoms with E-state index in [1.807, 2.05) is 48.5 Å². The van der Waals surface area contributed by atoms with Crippen LogP contribution in [0.3, 0.4) is 0 Å². The summed E-state index contributed by atoms with van der Waals surface area (Å²) < 4.78 is 24.2. The predicted octanol–water partition coefficient (Wildman–Crippen LogP) is 3.61. The van der Waals surface area contributed by atoms with Crippen molar-refractivity contribution in [2.45, 2.75) is 19.0 Å². The van der Waals surface area contributed by atoms with Gasteiger partial charge in [-0.3, -0.25) is 9.59 Å². The summed E-state index contributed by atoms with van der Waals surface area (Å²) in [5.41, 5.74) is 1.62. The molecular weight excluding hydrogens is 435 g/mol. The number of carbonyl (C=O) groups is 2. The van der Waals surface area contributed by atoms with Crippen LogP contribution in [-0.4, -0.2) is 49.6 Å². The van der Waals surface area contributed by atoms with Gasteiger partial charge in [0.2, 0.25) is 5.91 Å². The molecule has 2 amide bonds. The van der Waals surface area contributed by atoms with Crippen molar-refractivity contribution in [3.63, 3.8) is 0 Å². The Morgan fingerprint density at radius 2 is 1.56 bits per heavy atom. The maximum atomic E-state index is 13.5. The van der Waals surface area contributed by atoms with Crippen molar-refractivity contribution in [2.75, 3.05) is 26.9 Å². The average molecular weight is 465 g/mol. The summed E-state index contributed by atoms with van der Waals surface area (Å²) in [5, 5.41) is 2.85. The zero-order valence-corrected chi connectivity index (χ0v) is 19.2. The lowest BCUT2D eigenvalue weighted by atomic mass is 10.0. The maximum absolute atomic E-state index is 13.5. The van der Waals surface area contributed by atoms with Crippen molar-refractivity contribution in [3.05, 3.63) is 102 Å². The van der Waals surface area contributed by atoms with Gasteiger partial charge in [-0.25, -0.2) is 4.39 Å². The topological polar surface area (TPSA) is 67.9 Å². The van der Waals surface area contributed by atoms with Crippen LogP contribution in [-0.2, 0) is 27.3 Å². The molecule has 0 aliphatic rings. The highest BCUT2D eigenvalue weighted by atomic mass is 19.1. The van der Waals surface area contributed by atoms with Gasteiger partial charge >= 0.3 is 0 Å². The first-order valence-electron chi connectivity index (χ1n) is 11.1. The molecule has 7 heteroatoms. The Labute approximate surface area is 199 Å². The summed E-state index contributed by atoms with van der Waals surface area (Å²) >= 11 is 0. The fourth-order valence-electron chi connectivity index (χ4n) is 3.48. The summed E-state index contributed by atoms with van der Waals surface area (Å²) in [7, 11) is 1.55. The number of halogens is 1. The van der Waals surface area contributed by atoms with Crippen LogP contribution in [0.5, 0.6) is 5.75 Å². The zero-order valence-electron chi connectivity index (χ0n) is 19.2. The molecule has 0 saturated heterocycles. The van der Waals surface area contributed by atoms with Gasteiger partial charge in [-0.2, -0.15) is 0 Å². The van der Waals surface area contributed by atoms with Gasteiger partial charge in [0.25, 0.3) is 5.91 Å². The molecule has 0 aliphatic heterocycles. The van der Waals surface area contributed by atoms with Crippen molar-refractivity contribution in [2.24, 2.45) is 0 Å². The summed E-state index contributed by atoms with van der Waals surface area (Å²) in [6.07, 6.45) is 0.317.